The Hall–Kier alpha value is -0.470. The van der Waals surface area contributed by atoms with Crippen molar-refractivity contribution in [2.75, 3.05) is 0 Å². The van der Waals surface area contributed by atoms with Crippen molar-refractivity contribution in [3.05, 3.63) is 40.5 Å². The molecule has 0 spiro atoms. The zero-order valence-corrected chi connectivity index (χ0v) is 10.6. The van der Waals surface area contributed by atoms with Gasteiger partial charge in [0.2, 0.25) is 0 Å². The smallest absolute Gasteiger partial charge is 0.0406 e. The number of thiophene rings is 1. The second kappa shape index (κ2) is 4.37. The minimum atomic E-state index is 0.238. The molecular formula is C12H16S2. The molecule has 0 aliphatic rings. The molecule has 0 unspecified atom stereocenters. The summed E-state index contributed by atoms with van der Waals surface area (Å²) in [5, 5.41) is 1.82. The van der Waals surface area contributed by atoms with Crippen LogP contribution >= 0.6 is 23.1 Å². The minimum absolute atomic E-state index is 0.238. The van der Waals surface area contributed by atoms with E-state index in [4.69, 9.17) is 0 Å². The van der Waals surface area contributed by atoms with Crippen LogP contribution in [-0.4, -0.2) is 0 Å². The topological polar surface area (TPSA) is 0 Å². The lowest BCUT2D eigenvalue weighted by atomic mass is 9.95. The summed E-state index contributed by atoms with van der Waals surface area (Å²) in [5.41, 5.74) is 0.238. The maximum absolute atomic E-state index is 4.01. The van der Waals surface area contributed by atoms with Gasteiger partial charge in [-0.1, -0.05) is 45.7 Å². The van der Waals surface area contributed by atoms with Crippen LogP contribution in [0.3, 0.4) is 0 Å². The highest BCUT2D eigenvalue weighted by atomic mass is 32.2. The van der Waals surface area contributed by atoms with Crippen molar-refractivity contribution in [1.82, 2.24) is 0 Å². The van der Waals surface area contributed by atoms with E-state index in [0.29, 0.717) is 0 Å². The summed E-state index contributed by atoms with van der Waals surface area (Å²) in [6.45, 7) is 14.4. The van der Waals surface area contributed by atoms with Gasteiger partial charge in [-0.05, 0) is 23.0 Å². The van der Waals surface area contributed by atoms with E-state index >= 15 is 0 Å². The molecule has 1 aromatic heterocycles. The lowest BCUT2D eigenvalue weighted by Gasteiger charge is -2.15. The van der Waals surface area contributed by atoms with Crippen molar-refractivity contribution < 1.29 is 0 Å². The van der Waals surface area contributed by atoms with E-state index < -0.39 is 0 Å². The highest BCUT2D eigenvalue weighted by Gasteiger charge is 2.16. The van der Waals surface area contributed by atoms with Crippen LogP contribution in [0, 0.1) is 0 Å². The van der Waals surface area contributed by atoms with Gasteiger partial charge in [0, 0.05) is 14.7 Å². The average Bonchev–Trinajstić information content (AvgIpc) is 2.51. The summed E-state index contributed by atoms with van der Waals surface area (Å²) in [5.74, 6) is 0. The molecule has 0 N–H and O–H groups in total. The van der Waals surface area contributed by atoms with Crippen molar-refractivity contribution in [3.63, 3.8) is 0 Å². The van der Waals surface area contributed by atoms with Gasteiger partial charge in [0.1, 0.15) is 0 Å². The Labute approximate surface area is 94.7 Å². The van der Waals surface area contributed by atoms with Gasteiger partial charge in [0.15, 0.2) is 0 Å². The molecule has 0 atom stereocenters. The van der Waals surface area contributed by atoms with Crippen molar-refractivity contribution in [2.24, 2.45) is 0 Å². The predicted octanol–water partition coefficient (Wildman–Crippen LogP) is 4.89. The average molecular weight is 224 g/mol. The fourth-order valence-corrected chi connectivity index (χ4v) is 2.63. The van der Waals surface area contributed by atoms with E-state index in [1.165, 1.54) is 9.75 Å². The molecule has 0 saturated carbocycles. The zero-order valence-electron chi connectivity index (χ0n) is 8.96. The number of rotatable bonds is 3. The largest absolute Gasteiger partial charge is 0.139 e. The normalized spacial score (nSPS) is 11.4. The zero-order chi connectivity index (χ0) is 10.8. The molecule has 14 heavy (non-hydrogen) atoms. The van der Waals surface area contributed by atoms with E-state index in [-0.39, 0.29) is 5.41 Å². The van der Waals surface area contributed by atoms with E-state index in [1.807, 2.05) is 16.7 Å². The summed E-state index contributed by atoms with van der Waals surface area (Å²) >= 11 is 3.41. The van der Waals surface area contributed by atoms with Gasteiger partial charge in [0.25, 0.3) is 0 Å². The maximum Gasteiger partial charge on any atom is 0.0406 e. The molecule has 76 valence electrons. The second-order valence-corrected chi connectivity index (χ2v) is 6.27. The maximum atomic E-state index is 4.01. The first kappa shape index (κ1) is 11.6. The molecular weight excluding hydrogens is 208 g/mol. The molecule has 0 saturated heterocycles. The van der Waals surface area contributed by atoms with Gasteiger partial charge in [-0.15, -0.1) is 11.3 Å². The molecule has 0 nitrogen and oxygen atoms in total. The quantitative estimate of drug-likeness (QED) is 0.704. The molecule has 0 radical (unpaired) electrons. The summed E-state index contributed by atoms with van der Waals surface area (Å²) in [6.07, 6.45) is 0. The number of hydrogen-bond donors (Lipinski definition) is 0. The van der Waals surface area contributed by atoms with Crippen LogP contribution in [-0.2, 0) is 5.41 Å². The van der Waals surface area contributed by atoms with Gasteiger partial charge in [-0.25, -0.2) is 0 Å². The van der Waals surface area contributed by atoms with Crippen LogP contribution in [0.15, 0.2) is 30.7 Å². The van der Waals surface area contributed by atoms with Crippen LogP contribution in [0.1, 0.15) is 30.5 Å². The predicted molar refractivity (Wildman–Crippen MR) is 69.8 cm³/mol. The summed E-state index contributed by atoms with van der Waals surface area (Å²) in [6, 6.07) is 4.33. The van der Waals surface area contributed by atoms with E-state index in [9.17, 15) is 0 Å². The van der Waals surface area contributed by atoms with Gasteiger partial charge in [0.05, 0.1) is 0 Å². The van der Waals surface area contributed by atoms with Crippen LogP contribution in [0.2, 0.25) is 0 Å². The van der Waals surface area contributed by atoms with Crippen molar-refractivity contribution >= 4 is 28.0 Å². The molecule has 1 aromatic rings. The van der Waals surface area contributed by atoms with Crippen molar-refractivity contribution in [3.8, 4) is 0 Å². The van der Waals surface area contributed by atoms with Gasteiger partial charge < -0.3 is 0 Å². The van der Waals surface area contributed by atoms with Crippen LogP contribution in [0.5, 0.6) is 0 Å². The molecule has 0 amide bonds. The SMILES string of the molecule is C=CSC(=C)c1ccc(C(C)(C)C)s1. The second-order valence-electron chi connectivity index (χ2n) is 4.12. The number of hydrogen-bond acceptors (Lipinski definition) is 2. The highest BCUT2D eigenvalue weighted by molar-refractivity contribution is 8.11. The monoisotopic (exact) mass is 224 g/mol. The van der Waals surface area contributed by atoms with Gasteiger partial charge >= 0.3 is 0 Å². The standard InChI is InChI=1S/C12H16S2/c1-6-13-9(2)10-7-8-11(14-10)12(3,4)5/h6-8H,1-2H2,3-5H3. The fourth-order valence-electron chi connectivity index (χ4n) is 1.05. The van der Waals surface area contributed by atoms with Gasteiger partial charge in [-0.3, -0.25) is 0 Å². The molecule has 1 rings (SSSR count). The van der Waals surface area contributed by atoms with E-state index in [1.54, 1.807) is 11.8 Å². The Morgan fingerprint density at radius 1 is 1.43 bits per heavy atom. The first-order valence-electron chi connectivity index (χ1n) is 4.52. The lowest BCUT2D eigenvalue weighted by molar-refractivity contribution is 0.604. The van der Waals surface area contributed by atoms with Crippen molar-refractivity contribution in [2.45, 2.75) is 26.2 Å². The van der Waals surface area contributed by atoms with Crippen LogP contribution in [0.4, 0.5) is 0 Å². The Morgan fingerprint density at radius 2 is 2.07 bits per heavy atom. The summed E-state index contributed by atoms with van der Waals surface area (Å²) in [7, 11) is 0. The molecule has 0 fully saturated rings. The molecule has 1 heterocycles. The van der Waals surface area contributed by atoms with Crippen LogP contribution < -0.4 is 0 Å². The third kappa shape index (κ3) is 2.76. The lowest BCUT2D eigenvalue weighted by Crippen LogP contribution is -2.07. The van der Waals surface area contributed by atoms with E-state index in [2.05, 4.69) is 46.1 Å². The Balaban J connectivity index is 2.88. The first-order valence-corrected chi connectivity index (χ1v) is 6.22. The fraction of sp³-hybridized carbons (Fsp3) is 0.333. The molecule has 0 aromatic carbocycles. The minimum Gasteiger partial charge on any atom is -0.139 e. The third-order valence-corrected chi connectivity index (χ3v) is 4.22. The first-order chi connectivity index (χ1) is 6.45. The summed E-state index contributed by atoms with van der Waals surface area (Å²) < 4.78 is 0. The Kier molecular flexibility index (Phi) is 3.62. The number of thioether (sulfide) groups is 1. The van der Waals surface area contributed by atoms with Gasteiger partial charge in [-0.2, -0.15) is 0 Å². The molecule has 2 heteroatoms. The molecule has 0 aliphatic carbocycles. The molecule has 0 bridgehead atoms. The van der Waals surface area contributed by atoms with Crippen LogP contribution in [0.25, 0.3) is 4.91 Å². The highest BCUT2D eigenvalue weighted by Crippen LogP contribution is 2.36. The molecule has 0 aliphatic heterocycles. The van der Waals surface area contributed by atoms with Crippen molar-refractivity contribution in [1.29, 1.82) is 0 Å². The summed E-state index contributed by atoms with van der Waals surface area (Å²) in [4.78, 5) is 3.73. The Bertz CT molecular complexity index is 339. The third-order valence-electron chi connectivity index (χ3n) is 1.85. The van der Waals surface area contributed by atoms with E-state index in [0.717, 1.165) is 4.91 Å². The Morgan fingerprint density at radius 3 is 2.50 bits per heavy atom.